The van der Waals surface area contributed by atoms with Crippen molar-refractivity contribution in [1.29, 1.82) is 0 Å². The summed E-state index contributed by atoms with van der Waals surface area (Å²) in [5.41, 5.74) is 0. The van der Waals surface area contributed by atoms with Crippen LogP contribution < -0.4 is 0 Å². The SMILES string of the molecule is CCCCC(CC)CC(=O)CSC(C)CC. The lowest BCUT2D eigenvalue weighted by Gasteiger charge is -2.14. The fourth-order valence-corrected chi connectivity index (χ4v) is 2.50. The van der Waals surface area contributed by atoms with Crippen molar-refractivity contribution in [2.75, 3.05) is 5.75 Å². The van der Waals surface area contributed by atoms with Crippen LogP contribution in [0.15, 0.2) is 0 Å². The molecule has 0 spiro atoms. The fraction of sp³-hybridized carbons (Fsp3) is 0.929. The number of ketones is 1. The Hall–Kier alpha value is 0.0200. The summed E-state index contributed by atoms with van der Waals surface area (Å²) < 4.78 is 0. The van der Waals surface area contributed by atoms with Crippen molar-refractivity contribution in [2.45, 2.75) is 71.5 Å². The van der Waals surface area contributed by atoms with Crippen LogP contribution in [0.4, 0.5) is 0 Å². The minimum atomic E-state index is 0.452. The van der Waals surface area contributed by atoms with Crippen LogP contribution in [0.25, 0.3) is 0 Å². The van der Waals surface area contributed by atoms with Gasteiger partial charge >= 0.3 is 0 Å². The molecule has 0 rings (SSSR count). The molecule has 0 amide bonds. The molecule has 96 valence electrons. The average molecular weight is 244 g/mol. The number of Topliss-reactive ketones (excluding diaryl/α,β-unsaturated/α-hetero) is 1. The van der Waals surface area contributed by atoms with Gasteiger partial charge in [0, 0.05) is 11.7 Å². The van der Waals surface area contributed by atoms with E-state index in [1.165, 1.54) is 19.3 Å². The number of thioether (sulfide) groups is 1. The normalized spacial score (nSPS) is 14.8. The summed E-state index contributed by atoms with van der Waals surface area (Å²) in [6.45, 7) is 8.80. The van der Waals surface area contributed by atoms with Crippen molar-refractivity contribution in [3.8, 4) is 0 Å². The smallest absolute Gasteiger partial charge is 0.143 e. The van der Waals surface area contributed by atoms with Crippen molar-refractivity contribution >= 4 is 17.5 Å². The Bertz CT molecular complexity index is 180. The summed E-state index contributed by atoms with van der Waals surface area (Å²) in [6.07, 6.45) is 6.86. The van der Waals surface area contributed by atoms with Crippen molar-refractivity contribution in [3.05, 3.63) is 0 Å². The van der Waals surface area contributed by atoms with Crippen molar-refractivity contribution in [3.63, 3.8) is 0 Å². The molecule has 0 aliphatic heterocycles. The molecular formula is C14H28OS. The average Bonchev–Trinajstić information content (AvgIpc) is 2.31. The lowest BCUT2D eigenvalue weighted by Crippen LogP contribution is -2.11. The molecule has 0 fully saturated rings. The van der Waals surface area contributed by atoms with Crippen LogP contribution in [0, 0.1) is 5.92 Å². The summed E-state index contributed by atoms with van der Waals surface area (Å²) in [5.74, 6) is 1.80. The highest BCUT2D eigenvalue weighted by atomic mass is 32.2. The van der Waals surface area contributed by atoms with Crippen LogP contribution in [0.3, 0.4) is 0 Å². The summed E-state index contributed by atoms with van der Waals surface area (Å²) in [6, 6.07) is 0. The van der Waals surface area contributed by atoms with Gasteiger partial charge in [0.05, 0.1) is 5.75 Å². The lowest BCUT2D eigenvalue weighted by atomic mass is 9.94. The molecule has 0 aliphatic carbocycles. The number of carbonyl (C=O) groups is 1. The first-order valence-corrected chi connectivity index (χ1v) is 7.82. The van der Waals surface area contributed by atoms with Crippen molar-refractivity contribution in [2.24, 2.45) is 5.92 Å². The molecule has 0 aromatic carbocycles. The highest BCUT2D eigenvalue weighted by Gasteiger charge is 2.12. The molecule has 2 atom stereocenters. The van der Waals surface area contributed by atoms with Gasteiger partial charge in [-0.2, -0.15) is 11.8 Å². The summed E-state index contributed by atoms with van der Waals surface area (Å²) >= 11 is 1.81. The lowest BCUT2D eigenvalue weighted by molar-refractivity contribution is -0.117. The maximum absolute atomic E-state index is 11.8. The van der Waals surface area contributed by atoms with Gasteiger partial charge in [0.15, 0.2) is 0 Å². The molecule has 2 heteroatoms. The molecule has 0 aromatic heterocycles. The Morgan fingerprint density at radius 3 is 2.38 bits per heavy atom. The van der Waals surface area contributed by atoms with Crippen LogP contribution in [-0.4, -0.2) is 16.8 Å². The first-order valence-electron chi connectivity index (χ1n) is 6.77. The topological polar surface area (TPSA) is 17.1 Å². The molecule has 0 N–H and O–H groups in total. The summed E-state index contributed by atoms with van der Waals surface area (Å²) in [7, 11) is 0. The monoisotopic (exact) mass is 244 g/mol. The molecular weight excluding hydrogens is 216 g/mol. The van der Waals surface area contributed by atoms with Crippen molar-refractivity contribution < 1.29 is 4.79 Å². The van der Waals surface area contributed by atoms with E-state index >= 15 is 0 Å². The zero-order valence-corrected chi connectivity index (χ0v) is 12.2. The van der Waals surface area contributed by atoms with Crippen molar-refractivity contribution in [1.82, 2.24) is 0 Å². The van der Waals surface area contributed by atoms with Gasteiger partial charge in [-0.05, 0) is 12.3 Å². The van der Waals surface area contributed by atoms with E-state index in [0.29, 0.717) is 17.0 Å². The van der Waals surface area contributed by atoms with Crippen LogP contribution in [0.5, 0.6) is 0 Å². The third kappa shape index (κ3) is 8.20. The van der Waals surface area contributed by atoms with Crippen LogP contribution in [-0.2, 0) is 4.79 Å². The third-order valence-corrected chi connectivity index (χ3v) is 4.55. The van der Waals surface area contributed by atoms with Gasteiger partial charge < -0.3 is 0 Å². The van der Waals surface area contributed by atoms with E-state index in [1.54, 1.807) is 0 Å². The van der Waals surface area contributed by atoms with Gasteiger partial charge in [-0.3, -0.25) is 4.79 Å². The second-order valence-electron chi connectivity index (χ2n) is 4.69. The van der Waals surface area contributed by atoms with E-state index in [-0.39, 0.29) is 0 Å². The number of unbranched alkanes of at least 4 members (excludes halogenated alkanes) is 1. The van der Waals surface area contributed by atoms with Gasteiger partial charge in [-0.15, -0.1) is 0 Å². The van der Waals surface area contributed by atoms with Gasteiger partial charge in [0.1, 0.15) is 5.78 Å². The second kappa shape index (κ2) is 10.2. The second-order valence-corrected chi connectivity index (χ2v) is 6.12. The molecule has 0 aromatic rings. The standard InChI is InChI=1S/C14H28OS/c1-5-8-9-13(7-3)10-14(15)11-16-12(4)6-2/h12-13H,5-11H2,1-4H3. The minimum Gasteiger partial charge on any atom is -0.299 e. The Morgan fingerprint density at radius 2 is 1.88 bits per heavy atom. The zero-order valence-electron chi connectivity index (χ0n) is 11.4. The molecule has 2 unspecified atom stereocenters. The predicted molar refractivity (Wildman–Crippen MR) is 75.1 cm³/mol. The molecule has 0 aliphatic rings. The van der Waals surface area contributed by atoms with E-state index in [9.17, 15) is 4.79 Å². The Morgan fingerprint density at radius 1 is 1.19 bits per heavy atom. The third-order valence-electron chi connectivity index (χ3n) is 3.16. The van der Waals surface area contributed by atoms with E-state index in [4.69, 9.17) is 0 Å². The summed E-state index contributed by atoms with van der Waals surface area (Å²) in [5, 5.41) is 0.625. The van der Waals surface area contributed by atoms with Gasteiger partial charge in [0.25, 0.3) is 0 Å². The van der Waals surface area contributed by atoms with Gasteiger partial charge in [-0.1, -0.05) is 53.4 Å². The number of hydrogen-bond acceptors (Lipinski definition) is 2. The largest absolute Gasteiger partial charge is 0.299 e. The zero-order chi connectivity index (χ0) is 12.4. The molecule has 0 saturated carbocycles. The van der Waals surface area contributed by atoms with Gasteiger partial charge in [-0.25, -0.2) is 0 Å². The highest BCUT2D eigenvalue weighted by molar-refractivity contribution is 8.00. The fourth-order valence-electron chi connectivity index (χ4n) is 1.68. The van der Waals surface area contributed by atoms with Crippen LogP contribution >= 0.6 is 11.8 Å². The minimum absolute atomic E-state index is 0.452. The maximum Gasteiger partial charge on any atom is 0.143 e. The van der Waals surface area contributed by atoms with Crippen LogP contribution in [0.1, 0.15) is 66.2 Å². The van der Waals surface area contributed by atoms with E-state index in [2.05, 4.69) is 27.7 Å². The molecule has 0 bridgehead atoms. The maximum atomic E-state index is 11.8. The quantitative estimate of drug-likeness (QED) is 0.554. The van der Waals surface area contributed by atoms with E-state index < -0.39 is 0 Å². The molecule has 0 radical (unpaired) electrons. The Kier molecular flexibility index (Phi) is 10.2. The molecule has 1 nitrogen and oxygen atoms in total. The van der Waals surface area contributed by atoms with E-state index in [0.717, 1.165) is 25.0 Å². The highest BCUT2D eigenvalue weighted by Crippen LogP contribution is 2.20. The summed E-state index contributed by atoms with van der Waals surface area (Å²) in [4.78, 5) is 11.8. The number of rotatable bonds is 10. The first-order chi connectivity index (χ1) is 7.63. The Labute approximate surface area is 106 Å². The van der Waals surface area contributed by atoms with Crippen LogP contribution in [0.2, 0.25) is 0 Å². The molecule has 0 saturated heterocycles. The molecule has 16 heavy (non-hydrogen) atoms. The van der Waals surface area contributed by atoms with Gasteiger partial charge in [0.2, 0.25) is 0 Å². The Balaban J connectivity index is 3.73. The number of carbonyl (C=O) groups excluding carboxylic acids is 1. The van der Waals surface area contributed by atoms with E-state index in [1.807, 2.05) is 11.8 Å². The number of hydrogen-bond donors (Lipinski definition) is 0. The predicted octanol–water partition coefficient (Wildman–Crippen LogP) is 4.69. The molecule has 0 heterocycles. The first kappa shape index (κ1) is 16.0.